The molecular weight excluding hydrogens is 556 g/mol. The van der Waals surface area contributed by atoms with Crippen LogP contribution >= 0.6 is 11.3 Å². The highest BCUT2D eigenvalue weighted by molar-refractivity contribution is 7.16. The fourth-order valence-corrected chi connectivity index (χ4v) is 5.70. The number of hydrogen-bond acceptors (Lipinski definition) is 10. The lowest BCUT2D eigenvalue weighted by Crippen LogP contribution is -2.59. The minimum absolute atomic E-state index is 0.146. The third-order valence-corrected chi connectivity index (χ3v) is 8.33. The largest absolute Gasteiger partial charge is 0.448 e. The van der Waals surface area contributed by atoms with E-state index in [0.29, 0.717) is 10.0 Å². The van der Waals surface area contributed by atoms with Crippen molar-refractivity contribution in [3.05, 3.63) is 76.7 Å². The molecule has 3 heterocycles. The maximum absolute atomic E-state index is 12.7. The third-order valence-electron chi connectivity index (χ3n) is 7.36. The van der Waals surface area contributed by atoms with Crippen molar-refractivity contribution < 1.29 is 33.1 Å². The van der Waals surface area contributed by atoms with Crippen molar-refractivity contribution in [1.29, 1.82) is 0 Å². The molecule has 0 radical (unpaired) electrons. The maximum Gasteiger partial charge on any atom is 0.351 e. The van der Waals surface area contributed by atoms with Crippen LogP contribution in [0.25, 0.3) is 0 Å². The topological polar surface area (TPSA) is 107 Å². The lowest BCUT2D eigenvalue weighted by Gasteiger charge is -2.42. The standard InChI is InChI=1S/C31H35N4O6S/c1-20-18-24-27(32-25-12-8-9-13-26(25)33-28(24)42-20)34-14-16-35(4,17-15-34)19-39-29(36)21(2)40-30(37)22(3)41-31(38)23-10-6-5-7-11-23/h5-13,18,21-22,33H,14-17,19H2,1-4H3/q+1/t21-,22-/m0/s1. The number of para-hydroxylation sites is 2. The molecule has 0 aliphatic carbocycles. The Kier molecular flexibility index (Phi) is 8.60. The van der Waals surface area contributed by atoms with Gasteiger partial charge in [0.05, 0.1) is 55.7 Å². The molecule has 1 aromatic heterocycles. The van der Waals surface area contributed by atoms with Gasteiger partial charge in [-0.15, -0.1) is 11.3 Å². The summed E-state index contributed by atoms with van der Waals surface area (Å²) < 4.78 is 16.5. The minimum atomic E-state index is -1.17. The zero-order chi connectivity index (χ0) is 29.9. The van der Waals surface area contributed by atoms with Crippen LogP contribution in [0.15, 0.2) is 65.7 Å². The van der Waals surface area contributed by atoms with Gasteiger partial charge in [0.2, 0.25) is 6.73 Å². The van der Waals surface area contributed by atoms with Gasteiger partial charge in [-0.05, 0) is 51.1 Å². The molecule has 0 saturated carbocycles. The molecule has 3 aromatic rings. The lowest BCUT2D eigenvalue weighted by molar-refractivity contribution is -0.929. The number of carbonyl (C=O) groups is 3. The number of rotatable bonds is 7. The summed E-state index contributed by atoms with van der Waals surface area (Å²) in [6, 6.07) is 18.6. The first-order valence-corrected chi connectivity index (χ1v) is 14.7. The quantitative estimate of drug-likeness (QED) is 0.241. The number of thiophene rings is 1. The number of aliphatic imine (C=N–C) groups is 1. The Hall–Kier alpha value is -4.22. The van der Waals surface area contributed by atoms with Gasteiger partial charge in [-0.25, -0.2) is 19.4 Å². The number of benzene rings is 2. The number of fused-ring (bicyclic) bond motifs is 2. The second-order valence-electron chi connectivity index (χ2n) is 10.8. The van der Waals surface area contributed by atoms with Gasteiger partial charge < -0.3 is 24.4 Å². The van der Waals surface area contributed by atoms with Gasteiger partial charge in [0.25, 0.3) is 0 Å². The smallest absolute Gasteiger partial charge is 0.351 e. The van der Waals surface area contributed by atoms with Crippen LogP contribution in [0.4, 0.5) is 16.4 Å². The number of likely N-dealkylation sites (N-methyl/N-ethyl adjacent to an activating group) is 1. The molecule has 0 spiro atoms. The fraction of sp³-hybridized carbons (Fsp3) is 0.355. The second kappa shape index (κ2) is 12.3. The predicted molar refractivity (Wildman–Crippen MR) is 160 cm³/mol. The second-order valence-corrected chi connectivity index (χ2v) is 12.1. The van der Waals surface area contributed by atoms with Crippen LogP contribution in [0.2, 0.25) is 0 Å². The average Bonchev–Trinajstić information content (AvgIpc) is 3.28. The van der Waals surface area contributed by atoms with Gasteiger partial charge in [0.15, 0.2) is 12.2 Å². The number of nitrogens with zero attached hydrogens (tertiary/aromatic N) is 3. The number of aryl methyl sites for hydroxylation is 1. The van der Waals surface area contributed by atoms with E-state index in [1.54, 1.807) is 41.7 Å². The molecule has 42 heavy (non-hydrogen) atoms. The van der Waals surface area contributed by atoms with Gasteiger partial charge in [0, 0.05) is 4.88 Å². The van der Waals surface area contributed by atoms with Crippen molar-refractivity contribution in [1.82, 2.24) is 4.90 Å². The number of amidine groups is 1. The van der Waals surface area contributed by atoms with Crippen molar-refractivity contribution in [2.24, 2.45) is 4.99 Å². The molecular formula is C31H35N4O6S+. The summed E-state index contributed by atoms with van der Waals surface area (Å²) in [6.45, 7) is 8.03. The van der Waals surface area contributed by atoms with Crippen LogP contribution in [0.1, 0.15) is 34.6 Å². The molecule has 1 saturated heterocycles. The fourth-order valence-electron chi connectivity index (χ4n) is 4.78. The van der Waals surface area contributed by atoms with Gasteiger partial charge in [-0.1, -0.05) is 30.3 Å². The van der Waals surface area contributed by atoms with Crippen molar-refractivity contribution >= 4 is 51.5 Å². The number of quaternary nitrogens is 1. The first-order valence-electron chi connectivity index (χ1n) is 13.9. The van der Waals surface area contributed by atoms with E-state index < -0.39 is 30.1 Å². The molecule has 2 atom stereocenters. The number of esters is 3. The molecule has 0 amide bonds. The molecule has 0 bridgehead atoms. The lowest BCUT2D eigenvalue weighted by atomic mass is 10.2. The summed E-state index contributed by atoms with van der Waals surface area (Å²) in [4.78, 5) is 45.9. The number of anilines is 2. The Morgan fingerprint density at radius 1 is 0.976 bits per heavy atom. The molecule has 0 unspecified atom stereocenters. The van der Waals surface area contributed by atoms with Gasteiger partial charge in [-0.2, -0.15) is 0 Å². The van der Waals surface area contributed by atoms with E-state index in [-0.39, 0.29) is 6.73 Å². The summed E-state index contributed by atoms with van der Waals surface area (Å²) >= 11 is 1.72. The summed E-state index contributed by atoms with van der Waals surface area (Å²) in [5.41, 5.74) is 3.30. The van der Waals surface area contributed by atoms with Crippen molar-refractivity contribution in [2.75, 3.05) is 45.3 Å². The van der Waals surface area contributed by atoms with E-state index in [9.17, 15) is 14.4 Å². The van der Waals surface area contributed by atoms with Crippen LogP contribution in [0.3, 0.4) is 0 Å². The first kappa shape index (κ1) is 29.3. The Morgan fingerprint density at radius 2 is 1.64 bits per heavy atom. The van der Waals surface area contributed by atoms with Crippen LogP contribution in [-0.2, 0) is 23.8 Å². The van der Waals surface area contributed by atoms with Crippen LogP contribution in [0.5, 0.6) is 0 Å². The summed E-state index contributed by atoms with van der Waals surface area (Å²) in [5.74, 6) is -1.17. The zero-order valence-electron chi connectivity index (χ0n) is 24.2. The van der Waals surface area contributed by atoms with Crippen molar-refractivity contribution in [2.45, 2.75) is 33.0 Å². The summed E-state index contributed by atoms with van der Waals surface area (Å²) in [7, 11) is 2.04. The number of nitrogens with one attached hydrogen (secondary N) is 1. The van der Waals surface area contributed by atoms with E-state index in [4.69, 9.17) is 19.2 Å². The van der Waals surface area contributed by atoms with Crippen LogP contribution < -0.4 is 5.32 Å². The Labute approximate surface area is 249 Å². The minimum Gasteiger partial charge on any atom is -0.448 e. The first-order chi connectivity index (χ1) is 20.1. The van der Waals surface area contributed by atoms with Gasteiger partial charge in [0.1, 0.15) is 10.8 Å². The Bertz CT molecular complexity index is 1500. The average molecular weight is 592 g/mol. The molecule has 1 N–H and O–H groups in total. The molecule has 10 nitrogen and oxygen atoms in total. The molecule has 2 aliphatic rings. The van der Waals surface area contributed by atoms with E-state index in [1.165, 1.54) is 18.7 Å². The van der Waals surface area contributed by atoms with Crippen molar-refractivity contribution in [3.63, 3.8) is 0 Å². The van der Waals surface area contributed by atoms with Crippen LogP contribution in [0, 0.1) is 6.92 Å². The monoisotopic (exact) mass is 591 g/mol. The predicted octanol–water partition coefficient (Wildman–Crippen LogP) is 4.63. The molecule has 5 rings (SSSR count). The highest BCUT2D eigenvalue weighted by atomic mass is 32.1. The summed E-state index contributed by atoms with van der Waals surface area (Å²) in [6.07, 6.45) is -2.32. The Morgan fingerprint density at radius 3 is 2.38 bits per heavy atom. The zero-order valence-corrected chi connectivity index (χ0v) is 25.0. The SMILES string of the molecule is Cc1cc2c(s1)Nc1ccccc1N=C2N1CC[N+](C)(COC(=O)[C@H](C)OC(=O)[C@H](C)OC(=O)c2ccccc2)CC1. The van der Waals surface area contributed by atoms with E-state index >= 15 is 0 Å². The van der Waals surface area contributed by atoms with Gasteiger partial charge >= 0.3 is 17.9 Å². The van der Waals surface area contributed by atoms with E-state index in [0.717, 1.165) is 54.0 Å². The van der Waals surface area contributed by atoms with E-state index in [2.05, 4.69) is 23.2 Å². The highest BCUT2D eigenvalue weighted by Crippen LogP contribution is 2.39. The molecule has 1 fully saturated rings. The van der Waals surface area contributed by atoms with E-state index in [1.807, 2.05) is 31.3 Å². The number of piperazine rings is 1. The number of hydrogen-bond donors (Lipinski definition) is 1. The molecule has 11 heteroatoms. The normalized spacial score (nSPS) is 16.9. The van der Waals surface area contributed by atoms with Crippen LogP contribution in [-0.4, -0.2) is 85.3 Å². The molecule has 220 valence electrons. The Balaban J connectivity index is 1.13. The number of ether oxygens (including phenoxy) is 3. The highest BCUT2D eigenvalue weighted by Gasteiger charge is 2.34. The van der Waals surface area contributed by atoms with Crippen molar-refractivity contribution in [3.8, 4) is 0 Å². The summed E-state index contributed by atoms with van der Waals surface area (Å²) in [5, 5.41) is 4.63. The molecule has 2 aliphatic heterocycles. The van der Waals surface area contributed by atoms with Gasteiger partial charge in [-0.3, -0.25) is 4.48 Å². The maximum atomic E-state index is 12.7. The number of carbonyl (C=O) groups excluding carboxylic acids is 3. The third kappa shape index (κ3) is 6.63. The molecule has 2 aromatic carbocycles.